The van der Waals surface area contributed by atoms with Gasteiger partial charge in [-0.25, -0.2) is 0 Å². The predicted molar refractivity (Wildman–Crippen MR) is 92.5 cm³/mol. The van der Waals surface area contributed by atoms with Crippen LogP contribution in [0.1, 0.15) is 34.1 Å². The molecule has 5 nitrogen and oxygen atoms in total. The Labute approximate surface area is 130 Å². The lowest BCUT2D eigenvalue weighted by atomic mass is 10.3. The summed E-state index contributed by atoms with van der Waals surface area (Å²) in [7, 11) is 0. The molecule has 0 radical (unpaired) electrons. The van der Waals surface area contributed by atoms with Crippen molar-refractivity contribution in [2.45, 2.75) is 52.5 Å². The summed E-state index contributed by atoms with van der Waals surface area (Å²) in [6.07, 6.45) is 1.30. The average molecular weight is 306 g/mol. The van der Waals surface area contributed by atoms with E-state index in [0.717, 1.165) is 44.9 Å². The summed E-state index contributed by atoms with van der Waals surface area (Å²) in [6.45, 7) is 13.6. The summed E-state index contributed by atoms with van der Waals surface area (Å²) in [5.74, 6) is 0.956. The summed E-state index contributed by atoms with van der Waals surface area (Å²) in [5, 5.41) is 17.2. The standard InChI is InChI=1S/C14H35N5S/c1-12(2)18-14(19-13(3)4)17-10-9-16-8-7-15-6-5-11-20/h12-20H,5-11H2,1-4H3. The zero-order chi connectivity index (χ0) is 15.2. The molecule has 0 saturated carbocycles. The monoisotopic (exact) mass is 305 g/mol. The number of rotatable bonds is 14. The van der Waals surface area contributed by atoms with Crippen LogP contribution in [-0.2, 0) is 0 Å². The van der Waals surface area contributed by atoms with Crippen molar-refractivity contribution in [2.24, 2.45) is 0 Å². The molecule has 0 aromatic heterocycles. The first-order chi connectivity index (χ1) is 9.56. The van der Waals surface area contributed by atoms with E-state index in [1.165, 1.54) is 0 Å². The maximum absolute atomic E-state index is 4.18. The first-order valence-electron chi connectivity index (χ1n) is 7.84. The highest BCUT2D eigenvalue weighted by atomic mass is 32.1. The second-order valence-corrected chi connectivity index (χ2v) is 6.05. The molecule has 0 amide bonds. The van der Waals surface area contributed by atoms with Crippen LogP contribution in [0.25, 0.3) is 0 Å². The van der Waals surface area contributed by atoms with Crippen molar-refractivity contribution in [2.75, 3.05) is 38.5 Å². The van der Waals surface area contributed by atoms with E-state index >= 15 is 0 Å². The minimum Gasteiger partial charge on any atom is -0.315 e. The van der Waals surface area contributed by atoms with Crippen LogP contribution in [0.2, 0.25) is 0 Å². The van der Waals surface area contributed by atoms with Crippen LogP contribution in [0.3, 0.4) is 0 Å². The molecule has 0 atom stereocenters. The van der Waals surface area contributed by atoms with Crippen molar-refractivity contribution < 1.29 is 0 Å². The molecule has 0 aliphatic rings. The van der Waals surface area contributed by atoms with Gasteiger partial charge in [0.1, 0.15) is 6.29 Å². The van der Waals surface area contributed by atoms with Crippen LogP contribution in [0.4, 0.5) is 0 Å². The van der Waals surface area contributed by atoms with E-state index in [-0.39, 0.29) is 6.29 Å². The molecular formula is C14H35N5S. The third-order valence-corrected chi connectivity index (χ3v) is 2.96. The van der Waals surface area contributed by atoms with Gasteiger partial charge in [-0.1, -0.05) is 0 Å². The number of hydrogen-bond donors (Lipinski definition) is 6. The molecule has 0 bridgehead atoms. The number of thiol groups is 1. The zero-order valence-electron chi connectivity index (χ0n) is 13.6. The Kier molecular flexibility index (Phi) is 14.2. The maximum atomic E-state index is 4.18. The molecule has 0 aromatic rings. The summed E-state index contributed by atoms with van der Waals surface area (Å²) in [4.78, 5) is 0. The van der Waals surface area contributed by atoms with E-state index in [9.17, 15) is 0 Å². The molecule has 0 rings (SSSR count). The maximum Gasteiger partial charge on any atom is 0.112 e. The molecule has 0 aliphatic heterocycles. The summed E-state index contributed by atoms with van der Waals surface area (Å²) < 4.78 is 0. The van der Waals surface area contributed by atoms with Gasteiger partial charge < -0.3 is 10.6 Å². The Morgan fingerprint density at radius 2 is 1.25 bits per heavy atom. The van der Waals surface area contributed by atoms with Gasteiger partial charge in [-0.3, -0.25) is 16.0 Å². The van der Waals surface area contributed by atoms with Gasteiger partial charge in [0, 0.05) is 38.3 Å². The third-order valence-electron chi connectivity index (χ3n) is 2.64. The van der Waals surface area contributed by atoms with Gasteiger partial charge in [0.2, 0.25) is 0 Å². The smallest absolute Gasteiger partial charge is 0.112 e. The number of hydrogen-bond acceptors (Lipinski definition) is 6. The van der Waals surface area contributed by atoms with Crippen molar-refractivity contribution in [3.8, 4) is 0 Å². The Morgan fingerprint density at radius 3 is 1.75 bits per heavy atom. The largest absolute Gasteiger partial charge is 0.315 e. The van der Waals surface area contributed by atoms with Gasteiger partial charge >= 0.3 is 0 Å². The third kappa shape index (κ3) is 14.6. The van der Waals surface area contributed by atoms with Gasteiger partial charge in [-0.05, 0) is 46.4 Å². The van der Waals surface area contributed by atoms with Gasteiger partial charge in [0.05, 0.1) is 0 Å². The topological polar surface area (TPSA) is 60.1 Å². The van der Waals surface area contributed by atoms with Crippen molar-refractivity contribution >= 4 is 12.6 Å². The lowest BCUT2D eigenvalue weighted by Crippen LogP contribution is -2.57. The molecule has 0 fully saturated rings. The van der Waals surface area contributed by atoms with Crippen LogP contribution in [0.5, 0.6) is 0 Å². The SMILES string of the molecule is CC(C)NC(NCCNCCNCCCS)NC(C)C. The molecule has 5 N–H and O–H groups in total. The van der Waals surface area contributed by atoms with Crippen LogP contribution in [-0.4, -0.2) is 56.9 Å². The van der Waals surface area contributed by atoms with Crippen LogP contribution >= 0.6 is 12.6 Å². The Bertz CT molecular complexity index is 192. The highest BCUT2D eigenvalue weighted by molar-refractivity contribution is 7.80. The molecule has 0 saturated heterocycles. The van der Waals surface area contributed by atoms with Crippen molar-refractivity contribution in [1.29, 1.82) is 0 Å². The highest BCUT2D eigenvalue weighted by Crippen LogP contribution is 1.84. The first-order valence-corrected chi connectivity index (χ1v) is 8.47. The van der Waals surface area contributed by atoms with Gasteiger partial charge in [0.25, 0.3) is 0 Å². The van der Waals surface area contributed by atoms with Crippen LogP contribution in [0.15, 0.2) is 0 Å². The minimum atomic E-state index is 0.172. The second kappa shape index (κ2) is 14.1. The quantitative estimate of drug-likeness (QED) is 0.159. The lowest BCUT2D eigenvalue weighted by Gasteiger charge is -2.26. The van der Waals surface area contributed by atoms with Crippen LogP contribution in [0, 0.1) is 0 Å². The Morgan fingerprint density at radius 1 is 0.750 bits per heavy atom. The fourth-order valence-electron chi connectivity index (χ4n) is 1.77. The molecule has 0 aromatic carbocycles. The van der Waals surface area contributed by atoms with E-state index in [2.05, 4.69) is 66.9 Å². The fourth-order valence-corrected chi connectivity index (χ4v) is 1.93. The van der Waals surface area contributed by atoms with Crippen molar-refractivity contribution in [1.82, 2.24) is 26.6 Å². The van der Waals surface area contributed by atoms with Gasteiger partial charge in [-0.2, -0.15) is 12.6 Å². The molecule has 0 unspecified atom stereocenters. The van der Waals surface area contributed by atoms with E-state index in [0.29, 0.717) is 12.1 Å². The van der Waals surface area contributed by atoms with Gasteiger partial charge in [-0.15, -0.1) is 0 Å². The normalized spacial score (nSPS) is 12.0. The predicted octanol–water partition coefficient (Wildman–Crippen LogP) is 0.355. The zero-order valence-corrected chi connectivity index (χ0v) is 14.5. The molecule has 20 heavy (non-hydrogen) atoms. The van der Waals surface area contributed by atoms with Gasteiger partial charge in [0.15, 0.2) is 0 Å². The minimum absolute atomic E-state index is 0.172. The lowest BCUT2D eigenvalue weighted by molar-refractivity contribution is 0.311. The molecular weight excluding hydrogens is 270 g/mol. The number of nitrogens with one attached hydrogen (secondary N) is 5. The Balaban J connectivity index is 3.48. The summed E-state index contributed by atoms with van der Waals surface area (Å²) in [6, 6.07) is 0.922. The molecule has 0 spiro atoms. The van der Waals surface area contributed by atoms with Crippen molar-refractivity contribution in [3.05, 3.63) is 0 Å². The second-order valence-electron chi connectivity index (χ2n) is 5.61. The summed E-state index contributed by atoms with van der Waals surface area (Å²) in [5.41, 5.74) is 0. The molecule has 0 heterocycles. The molecule has 0 aliphatic carbocycles. The molecule has 122 valence electrons. The van der Waals surface area contributed by atoms with E-state index < -0.39 is 0 Å². The highest BCUT2D eigenvalue weighted by Gasteiger charge is 2.08. The Hall–Kier alpha value is 0.150. The van der Waals surface area contributed by atoms with E-state index in [1.54, 1.807) is 0 Å². The average Bonchev–Trinajstić information content (AvgIpc) is 2.35. The van der Waals surface area contributed by atoms with E-state index in [1.807, 2.05) is 0 Å². The first kappa shape index (κ1) is 20.1. The van der Waals surface area contributed by atoms with Crippen molar-refractivity contribution in [3.63, 3.8) is 0 Å². The molecule has 6 heteroatoms. The van der Waals surface area contributed by atoms with Crippen LogP contribution < -0.4 is 26.6 Å². The summed E-state index contributed by atoms with van der Waals surface area (Å²) >= 11 is 4.18. The van der Waals surface area contributed by atoms with E-state index in [4.69, 9.17) is 0 Å². The fraction of sp³-hybridized carbons (Fsp3) is 1.00.